The van der Waals surface area contributed by atoms with Gasteiger partial charge in [0.1, 0.15) is 0 Å². The van der Waals surface area contributed by atoms with Crippen molar-refractivity contribution >= 4 is 0 Å². The quantitative estimate of drug-likeness (QED) is 0.799. The minimum Gasteiger partial charge on any atom is -0.378 e. The Morgan fingerprint density at radius 3 is 2.95 bits per heavy atom. The van der Waals surface area contributed by atoms with E-state index in [0.717, 1.165) is 38.1 Å². The van der Waals surface area contributed by atoms with Crippen LogP contribution in [0.2, 0.25) is 0 Å². The first kappa shape index (κ1) is 15.0. The third kappa shape index (κ3) is 4.04. The van der Waals surface area contributed by atoms with Crippen molar-refractivity contribution in [3.63, 3.8) is 0 Å². The normalized spacial score (nSPS) is 22.1. The van der Waals surface area contributed by atoms with E-state index in [1.807, 2.05) is 0 Å². The lowest BCUT2D eigenvalue weighted by Crippen LogP contribution is -2.22. The fourth-order valence-electron chi connectivity index (χ4n) is 2.49. The molecule has 0 spiro atoms. The third-order valence-electron chi connectivity index (χ3n) is 4.13. The molecule has 0 aliphatic carbocycles. The van der Waals surface area contributed by atoms with Gasteiger partial charge in [0.25, 0.3) is 0 Å². The summed E-state index contributed by atoms with van der Waals surface area (Å²) in [6.07, 6.45) is 6.48. The molecule has 2 rings (SSSR count). The fraction of sp³-hybridized carbons (Fsp3) is 0.800. The van der Waals surface area contributed by atoms with Crippen molar-refractivity contribution in [1.82, 2.24) is 10.1 Å². The van der Waals surface area contributed by atoms with Crippen LogP contribution in [-0.4, -0.2) is 22.9 Å². The molecule has 20 heavy (non-hydrogen) atoms. The van der Waals surface area contributed by atoms with Gasteiger partial charge in [-0.1, -0.05) is 19.0 Å². The van der Waals surface area contributed by atoms with E-state index in [1.165, 1.54) is 6.42 Å². The minimum absolute atomic E-state index is 0.0834. The van der Waals surface area contributed by atoms with Crippen LogP contribution in [0.15, 0.2) is 4.52 Å². The second-order valence-electron chi connectivity index (χ2n) is 5.97. The third-order valence-corrected chi connectivity index (χ3v) is 4.13. The zero-order valence-electron chi connectivity index (χ0n) is 12.4. The second-order valence-corrected chi connectivity index (χ2v) is 5.97. The van der Waals surface area contributed by atoms with E-state index in [-0.39, 0.29) is 11.5 Å². The minimum atomic E-state index is -0.0834. The molecule has 1 fully saturated rings. The van der Waals surface area contributed by atoms with Crippen molar-refractivity contribution in [3.8, 4) is 6.07 Å². The van der Waals surface area contributed by atoms with E-state index in [0.29, 0.717) is 18.7 Å². The predicted octanol–water partition coefficient (Wildman–Crippen LogP) is 3.05. The van der Waals surface area contributed by atoms with Crippen LogP contribution >= 0.6 is 0 Å². The molecule has 2 unspecified atom stereocenters. The van der Waals surface area contributed by atoms with Crippen LogP contribution < -0.4 is 0 Å². The summed E-state index contributed by atoms with van der Waals surface area (Å²) < 4.78 is 11.0. The molecule has 5 nitrogen and oxygen atoms in total. The molecule has 110 valence electrons. The van der Waals surface area contributed by atoms with Crippen LogP contribution in [0, 0.1) is 16.7 Å². The van der Waals surface area contributed by atoms with Crippen LogP contribution in [0.4, 0.5) is 0 Å². The summed E-state index contributed by atoms with van der Waals surface area (Å²) in [4.78, 5) is 4.45. The summed E-state index contributed by atoms with van der Waals surface area (Å²) in [5.41, 5.74) is -0.0834. The van der Waals surface area contributed by atoms with E-state index in [1.54, 1.807) is 0 Å². The number of rotatable bonds is 6. The van der Waals surface area contributed by atoms with Crippen LogP contribution in [0.1, 0.15) is 57.7 Å². The summed E-state index contributed by atoms with van der Waals surface area (Å²) >= 11 is 0. The Labute approximate surface area is 120 Å². The van der Waals surface area contributed by atoms with Gasteiger partial charge < -0.3 is 9.26 Å². The molecular weight excluding hydrogens is 254 g/mol. The Hall–Kier alpha value is -1.41. The topological polar surface area (TPSA) is 71.9 Å². The van der Waals surface area contributed by atoms with Crippen molar-refractivity contribution in [2.45, 2.75) is 64.9 Å². The van der Waals surface area contributed by atoms with Crippen LogP contribution in [0.5, 0.6) is 0 Å². The van der Waals surface area contributed by atoms with Gasteiger partial charge in [0, 0.05) is 25.9 Å². The zero-order chi connectivity index (χ0) is 14.4. The van der Waals surface area contributed by atoms with E-state index < -0.39 is 0 Å². The molecule has 2 atom stereocenters. The number of nitrogens with zero attached hydrogens (tertiary/aromatic N) is 3. The number of nitriles is 1. The summed E-state index contributed by atoms with van der Waals surface area (Å²) in [5, 5.41) is 12.9. The molecule has 0 aromatic carbocycles. The molecule has 1 aromatic rings. The van der Waals surface area contributed by atoms with Crippen molar-refractivity contribution in [2.24, 2.45) is 5.41 Å². The maximum Gasteiger partial charge on any atom is 0.227 e. The van der Waals surface area contributed by atoms with E-state index in [9.17, 15) is 0 Å². The molecule has 5 heteroatoms. The van der Waals surface area contributed by atoms with Gasteiger partial charge in [-0.3, -0.25) is 0 Å². The zero-order valence-corrected chi connectivity index (χ0v) is 12.4. The van der Waals surface area contributed by atoms with E-state index >= 15 is 0 Å². The number of hydrogen-bond acceptors (Lipinski definition) is 5. The van der Waals surface area contributed by atoms with E-state index in [2.05, 4.69) is 30.1 Å². The lowest BCUT2D eigenvalue weighted by Gasteiger charge is -2.22. The fourth-order valence-corrected chi connectivity index (χ4v) is 2.49. The standard InChI is InChI=1S/C15H23N3O2/c1-3-15(2,7-8-16)11-14-17-13(18-20-14)10-12-6-4-5-9-19-12/h12H,3-7,9-11H2,1-2H3. The highest BCUT2D eigenvalue weighted by Gasteiger charge is 2.26. The smallest absolute Gasteiger partial charge is 0.227 e. The average Bonchev–Trinajstić information content (AvgIpc) is 2.87. The number of hydrogen-bond donors (Lipinski definition) is 0. The van der Waals surface area contributed by atoms with Crippen molar-refractivity contribution in [3.05, 3.63) is 11.7 Å². The molecule has 2 heterocycles. The SMILES string of the molecule is CCC(C)(CC#N)Cc1nc(CC2CCCCO2)no1. The summed E-state index contributed by atoms with van der Waals surface area (Å²) in [6, 6.07) is 2.24. The van der Waals surface area contributed by atoms with Crippen LogP contribution in [-0.2, 0) is 17.6 Å². The van der Waals surface area contributed by atoms with Gasteiger partial charge in [-0.25, -0.2) is 0 Å². The largest absolute Gasteiger partial charge is 0.378 e. The van der Waals surface area contributed by atoms with Gasteiger partial charge in [0.2, 0.25) is 5.89 Å². The van der Waals surface area contributed by atoms with Crippen molar-refractivity contribution in [2.75, 3.05) is 6.61 Å². The van der Waals surface area contributed by atoms with Gasteiger partial charge in [-0.15, -0.1) is 0 Å². The van der Waals surface area contributed by atoms with Crippen molar-refractivity contribution < 1.29 is 9.26 Å². The second kappa shape index (κ2) is 6.85. The monoisotopic (exact) mass is 277 g/mol. The number of aromatic nitrogens is 2. The first-order valence-electron chi connectivity index (χ1n) is 7.45. The highest BCUT2D eigenvalue weighted by Crippen LogP contribution is 2.29. The maximum atomic E-state index is 8.90. The summed E-state index contributed by atoms with van der Waals surface area (Å²) in [5.74, 6) is 1.36. The van der Waals surface area contributed by atoms with Gasteiger partial charge in [-0.2, -0.15) is 10.2 Å². The molecule has 1 saturated heterocycles. The molecule has 0 saturated carbocycles. The van der Waals surface area contributed by atoms with Gasteiger partial charge in [0.15, 0.2) is 5.82 Å². The Morgan fingerprint density at radius 1 is 1.45 bits per heavy atom. The van der Waals surface area contributed by atoms with Crippen LogP contribution in [0.25, 0.3) is 0 Å². The highest BCUT2D eigenvalue weighted by molar-refractivity contribution is 4.95. The highest BCUT2D eigenvalue weighted by atomic mass is 16.5. The summed E-state index contributed by atoms with van der Waals surface area (Å²) in [7, 11) is 0. The molecule has 1 aromatic heterocycles. The lowest BCUT2D eigenvalue weighted by molar-refractivity contribution is 0.0153. The molecule has 0 N–H and O–H groups in total. The summed E-state index contributed by atoms with van der Waals surface area (Å²) in [6.45, 7) is 5.01. The Balaban J connectivity index is 1.93. The van der Waals surface area contributed by atoms with Gasteiger partial charge >= 0.3 is 0 Å². The molecule has 0 bridgehead atoms. The lowest BCUT2D eigenvalue weighted by atomic mass is 9.81. The van der Waals surface area contributed by atoms with Crippen LogP contribution in [0.3, 0.4) is 0 Å². The Morgan fingerprint density at radius 2 is 2.30 bits per heavy atom. The van der Waals surface area contributed by atoms with E-state index in [4.69, 9.17) is 14.5 Å². The Bertz CT molecular complexity index is 460. The van der Waals surface area contributed by atoms with Gasteiger partial charge in [0.05, 0.1) is 12.2 Å². The molecule has 1 aliphatic heterocycles. The van der Waals surface area contributed by atoms with Crippen molar-refractivity contribution in [1.29, 1.82) is 5.26 Å². The number of ether oxygens (including phenoxy) is 1. The average molecular weight is 277 g/mol. The molecule has 1 aliphatic rings. The molecule has 0 radical (unpaired) electrons. The molecule has 0 amide bonds. The first-order valence-corrected chi connectivity index (χ1v) is 7.45. The maximum absolute atomic E-state index is 8.90. The predicted molar refractivity (Wildman–Crippen MR) is 73.9 cm³/mol. The Kier molecular flexibility index (Phi) is 5.13. The molecular formula is C15H23N3O2. The van der Waals surface area contributed by atoms with Gasteiger partial charge in [-0.05, 0) is 31.1 Å². The first-order chi connectivity index (χ1) is 9.65.